The summed E-state index contributed by atoms with van der Waals surface area (Å²) in [6.07, 6.45) is 0. The molecule has 0 saturated carbocycles. The van der Waals surface area contributed by atoms with Crippen molar-refractivity contribution in [2.75, 3.05) is 36.5 Å². The lowest BCUT2D eigenvalue weighted by Gasteiger charge is -2.23. The molecule has 3 aromatic carbocycles. The number of nitrogens with one attached hydrogen (secondary N) is 1. The van der Waals surface area contributed by atoms with Crippen molar-refractivity contribution in [3.8, 4) is 5.75 Å². The third-order valence-corrected chi connectivity index (χ3v) is 5.77. The van der Waals surface area contributed by atoms with E-state index in [1.807, 2.05) is 30.3 Å². The molecule has 4 rings (SSSR count). The number of nitrogens with zero attached hydrogens (tertiary/aromatic N) is 2. The molecular formula is C26H24ClN3O5. The van der Waals surface area contributed by atoms with Gasteiger partial charge in [-0.15, -0.1) is 0 Å². The van der Waals surface area contributed by atoms with Gasteiger partial charge in [-0.05, 0) is 42.0 Å². The summed E-state index contributed by atoms with van der Waals surface area (Å²) in [4.78, 5) is 42.1. The van der Waals surface area contributed by atoms with Crippen molar-refractivity contribution < 1.29 is 24.2 Å². The number of hydrogen-bond donors (Lipinski definition) is 2. The number of benzene rings is 3. The normalized spacial score (nSPS) is 13.1. The number of fused-ring (bicyclic) bond motifs is 1. The van der Waals surface area contributed by atoms with Gasteiger partial charge in [0.05, 0.1) is 17.2 Å². The van der Waals surface area contributed by atoms with E-state index in [4.69, 9.17) is 21.4 Å². The molecule has 0 fully saturated rings. The molecule has 0 spiro atoms. The average Bonchev–Trinajstić information content (AvgIpc) is 2.99. The highest BCUT2D eigenvalue weighted by Crippen LogP contribution is 2.30. The number of carbonyl (C=O) groups is 3. The van der Waals surface area contributed by atoms with Crippen LogP contribution in [0.1, 0.15) is 15.9 Å². The summed E-state index contributed by atoms with van der Waals surface area (Å²) in [6.45, 7) is -0.256. The van der Waals surface area contributed by atoms with E-state index in [-0.39, 0.29) is 55.2 Å². The standard InChI is InChI=1S/C26H24ClN3O5/c27-22-14-20(35-13-12-31)10-11-21(22)26(34)30-17-25(33)29(15-18-6-4-5-9-23(18)30)16-24(32)28-19-7-2-1-3-8-19/h1-11,14,31H,12-13,15-17H2,(H,28,32). The zero-order valence-corrected chi connectivity index (χ0v) is 19.6. The molecule has 8 nitrogen and oxygen atoms in total. The quantitative estimate of drug-likeness (QED) is 0.526. The second-order valence-corrected chi connectivity index (χ2v) is 8.30. The number of aliphatic hydroxyl groups is 1. The van der Waals surface area contributed by atoms with Gasteiger partial charge in [-0.25, -0.2) is 0 Å². The highest BCUT2D eigenvalue weighted by atomic mass is 35.5. The number of amides is 3. The predicted molar refractivity (Wildman–Crippen MR) is 133 cm³/mol. The minimum Gasteiger partial charge on any atom is -0.491 e. The van der Waals surface area contributed by atoms with Crippen molar-refractivity contribution in [2.24, 2.45) is 0 Å². The number of anilines is 2. The molecule has 3 aromatic rings. The fraction of sp³-hybridized carbons (Fsp3) is 0.192. The van der Waals surface area contributed by atoms with Gasteiger partial charge in [0.1, 0.15) is 25.4 Å². The van der Waals surface area contributed by atoms with Crippen LogP contribution in [0.15, 0.2) is 72.8 Å². The lowest BCUT2D eigenvalue weighted by Crippen LogP contribution is -2.43. The molecule has 180 valence electrons. The lowest BCUT2D eigenvalue weighted by atomic mass is 10.1. The molecule has 0 saturated heterocycles. The van der Waals surface area contributed by atoms with Crippen LogP contribution in [0, 0.1) is 0 Å². The summed E-state index contributed by atoms with van der Waals surface area (Å²) in [5.74, 6) is -0.719. The van der Waals surface area contributed by atoms with E-state index in [1.54, 1.807) is 30.3 Å². The van der Waals surface area contributed by atoms with Gasteiger partial charge in [-0.1, -0.05) is 48.0 Å². The first kappa shape index (κ1) is 24.3. The third-order valence-electron chi connectivity index (χ3n) is 5.46. The summed E-state index contributed by atoms with van der Waals surface area (Å²) in [5, 5.41) is 11.9. The Morgan fingerprint density at radius 3 is 2.49 bits per heavy atom. The van der Waals surface area contributed by atoms with Gasteiger partial charge in [0.2, 0.25) is 11.8 Å². The highest BCUT2D eigenvalue weighted by molar-refractivity contribution is 6.34. The number of halogens is 1. The second kappa shape index (κ2) is 11.0. The summed E-state index contributed by atoms with van der Waals surface area (Å²) < 4.78 is 5.35. The van der Waals surface area contributed by atoms with E-state index in [2.05, 4.69) is 5.32 Å². The minimum atomic E-state index is -0.444. The number of para-hydroxylation sites is 2. The third kappa shape index (κ3) is 5.79. The van der Waals surface area contributed by atoms with Gasteiger partial charge in [0, 0.05) is 17.9 Å². The second-order valence-electron chi connectivity index (χ2n) is 7.90. The van der Waals surface area contributed by atoms with Crippen LogP contribution >= 0.6 is 11.6 Å². The van der Waals surface area contributed by atoms with Crippen LogP contribution in [0.4, 0.5) is 11.4 Å². The predicted octanol–water partition coefficient (Wildman–Crippen LogP) is 3.34. The smallest absolute Gasteiger partial charge is 0.260 e. The zero-order valence-electron chi connectivity index (χ0n) is 18.8. The molecule has 2 N–H and O–H groups in total. The first-order valence-electron chi connectivity index (χ1n) is 11.0. The van der Waals surface area contributed by atoms with Crippen molar-refractivity contribution in [2.45, 2.75) is 6.54 Å². The summed E-state index contributed by atoms with van der Waals surface area (Å²) in [5.41, 5.74) is 2.16. The van der Waals surface area contributed by atoms with Gasteiger partial charge in [-0.2, -0.15) is 0 Å². The van der Waals surface area contributed by atoms with Crippen LogP contribution in [-0.2, 0) is 16.1 Å². The van der Waals surface area contributed by atoms with Crippen molar-refractivity contribution in [1.82, 2.24) is 4.90 Å². The fourth-order valence-corrected chi connectivity index (χ4v) is 4.06. The van der Waals surface area contributed by atoms with E-state index in [0.29, 0.717) is 17.1 Å². The Kier molecular flexibility index (Phi) is 7.64. The summed E-state index contributed by atoms with van der Waals surface area (Å²) >= 11 is 6.36. The van der Waals surface area contributed by atoms with Crippen LogP contribution in [-0.4, -0.2) is 54.0 Å². The Balaban J connectivity index is 1.56. The van der Waals surface area contributed by atoms with Gasteiger partial charge in [-0.3, -0.25) is 19.3 Å². The van der Waals surface area contributed by atoms with Gasteiger partial charge in [0.25, 0.3) is 5.91 Å². The fourth-order valence-electron chi connectivity index (χ4n) is 3.81. The molecule has 0 radical (unpaired) electrons. The van der Waals surface area contributed by atoms with E-state index >= 15 is 0 Å². The van der Waals surface area contributed by atoms with Crippen LogP contribution in [0.5, 0.6) is 5.75 Å². The molecule has 1 aliphatic rings. The van der Waals surface area contributed by atoms with Crippen LogP contribution in [0.3, 0.4) is 0 Å². The number of aliphatic hydroxyl groups excluding tert-OH is 1. The first-order chi connectivity index (χ1) is 17.0. The minimum absolute atomic E-state index is 0.102. The Morgan fingerprint density at radius 2 is 1.74 bits per heavy atom. The average molecular weight is 494 g/mol. The van der Waals surface area contributed by atoms with Gasteiger partial charge >= 0.3 is 0 Å². The summed E-state index contributed by atoms with van der Waals surface area (Å²) in [6, 6.07) is 20.8. The SMILES string of the molecule is O=C(CN1Cc2ccccc2N(C(=O)c2ccc(OCCO)cc2Cl)CC1=O)Nc1ccccc1. The number of hydrogen-bond acceptors (Lipinski definition) is 5. The Labute approximate surface area is 207 Å². The van der Waals surface area contributed by atoms with Gasteiger partial charge in [0.15, 0.2) is 0 Å². The van der Waals surface area contributed by atoms with E-state index < -0.39 is 5.91 Å². The largest absolute Gasteiger partial charge is 0.491 e. The molecule has 1 aliphatic heterocycles. The monoisotopic (exact) mass is 493 g/mol. The molecular weight excluding hydrogens is 470 g/mol. The topological polar surface area (TPSA) is 99.2 Å². The van der Waals surface area contributed by atoms with Crippen molar-refractivity contribution in [1.29, 1.82) is 0 Å². The van der Waals surface area contributed by atoms with Crippen molar-refractivity contribution in [3.63, 3.8) is 0 Å². The summed E-state index contributed by atoms with van der Waals surface area (Å²) in [7, 11) is 0. The van der Waals surface area contributed by atoms with Crippen LogP contribution in [0.2, 0.25) is 5.02 Å². The van der Waals surface area contributed by atoms with Crippen LogP contribution < -0.4 is 15.0 Å². The molecule has 0 aliphatic carbocycles. The Bertz CT molecular complexity index is 1230. The van der Waals surface area contributed by atoms with E-state index in [0.717, 1.165) is 5.56 Å². The maximum atomic E-state index is 13.5. The van der Waals surface area contributed by atoms with E-state index in [9.17, 15) is 14.4 Å². The molecule has 0 aromatic heterocycles. The highest BCUT2D eigenvalue weighted by Gasteiger charge is 2.31. The molecule has 9 heteroatoms. The zero-order chi connectivity index (χ0) is 24.8. The molecule has 3 amide bonds. The van der Waals surface area contributed by atoms with E-state index in [1.165, 1.54) is 21.9 Å². The first-order valence-corrected chi connectivity index (χ1v) is 11.4. The molecule has 0 unspecified atom stereocenters. The Morgan fingerprint density at radius 1 is 1.00 bits per heavy atom. The molecule has 0 bridgehead atoms. The number of ether oxygens (including phenoxy) is 1. The number of rotatable bonds is 7. The van der Waals surface area contributed by atoms with Crippen molar-refractivity contribution >= 4 is 40.7 Å². The maximum absolute atomic E-state index is 13.5. The van der Waals surface area contributed by atoms with Gasteiger partial charge < -0.3 is 20.1 Å². The molecule has 1 heterocycles. The lowest BCUT2D eigenvalue weighted by molar-refractivity contribution is -0.133. The number of carbonyl (C=O) groups excluding carboxylic acids is 3. The van der Waals surface area contributed by atoms with Crippen LogP contribution in [0.25, 0.3) is 0 Å². The van der Waals surface area contributed by atoms with Crippen molar-refractivity contribution in [3.05, 3.63) is 88.9 Å². The molecule has 0 atom stereocenters. The maximum Gasteiger partial charge on any atom is 0.260 e. The Hall–Kier alpha value is -3.88. The molecule has 35 heavy (non-hydrogen) atoms.